The summed E-state index contributed by atoms with van der Waals surface area (Å²) in [5, 5.41) is 0. The third-order valence-electron chi connectivity index (χ3n) is 5.27. The van der Waals surface area contributed by atoms with Crippen LogP contribution in [0.4, 0.5) is 25.0 Å². The zero-order valence-corrected chi connectivity index (χ0v) is 16.5. The van der Waals surface area contributed by atoms with Crippen LogP contribution < -0.4 is 9.80 Å². The SMILES string of the molecule is O=C(Cc1ccc(N2CCOCC2)nc1)c1oc(N2CCCCC2)nc1C(F)(F)F. The number of halogens is 3. The van der Waals surface area contributed by atoms with Gasteiger partial charge in [0.15, 0.2) is 5.69 Å². The third kappa shape index (κ3) is 4.58. The first-order valence-corrected chi connectivity index (χ1v) is 10.1. The highest BCUT2D eigenvalue weighted by atomic mass is 19.4. The summed E-state index contributed by atoms with van der Waals surface area (Å²) in [5.74, 6) is -0.753. The van der Waals surface area contributed by atoms with E-state index in [0.717, 1.165) is 38.2 Å². The molecule has 0 bridgehead atoms. The molecule has 0 amide bonds. The van der Waals surface area contributed by atoms with Gasteiger partial charge in [-0.3, -0.25) is 4.79 Å². The largest absolute Gasteiger partial charge is 0.437 e. The van der Waals surface area contributed by atoms with E-state index in [1.807, 2.05) is 0 Å². The van der Waals surface area contributed by atoms with Crippen LogP contribution in [0.2, 0.25) is 0 Å². The van der Waals surface area contributed by atoms with Gasteiger partial charge in [0.2, 0.25) is 11.5 Å². The molecule has 10 heteroatoms. The van der Waals surface area contributed by atoms with Crippen LogP contribution in [0, 0.1) is 0 Å². The topological polar surface area (TPSA) is 71.7 Å². The van der Waals surface area contributed by atoms with E-state index in [4.69, 9.17) is 9.15 Å². The lowest BCUT2D eigenvalue weighted by molar-refractivity contribution is -0.141. The van der Waals surface area contributed by atoms with E-state index >= 15 is 0 Å². The van der Waals surface area contributed by atoms with E-state index in [2.05, 4.69) is 14.9 Å². The first kappa shape index (κ1) is 20.6. The van der Waals surface area contributed by atoms with E-state index in [1.54, 1.807) is 17.0 Å². The molecule has 4 heterocycles. The fraction of sp³-hybridized carbons (Fsp3) is 0.550. The molecule has 2 aromatic heterocycles. The van der Waals surface area contributed by atoms with Crippen LogP contribution in [-0.2, 0) is 17.3 Å². The number of piperidine rings is 1. The molecule has 2 fully saturated rings. The minimum absolute atomic E-state index is 0.133. The van der Waals surface area contributed by atoms with E-state index in [0.29, 0.717) is 31.9 Å². The van der Waals surface area contributed by atoms with Crippen LogP contribution in [0.15, 0.2) is 22.7 Å². The summed E-state index contributed by atoms with van der Waals surface area (Å²) < 4.78 is 51.0. The number of nitrogens with zero attached hydrogens (tertiary/aromatic N) is 4. The maximum atomic E-state index is 13.5. The van der Waals surface area contributed by atoms with Gasteiger partial charge in [0.25, 0.3) is 6.01 Å². The Balaban J connectivity index is 1.51. The summed E-state index contributed by atoms with van der Waals surface area (Å²) in [4.78, 5) is 24.3. The number of ether oxygens (including phenoxy) is 1. The van der Waals surface area contributed by atoms with Crippen LogP contribution >= 0.6 is 0 Å². The quantitative estimate of drug-likeness (QED) is 0.682. The fourth-order valence-electron chi connectivity index (χ4n) is 3.68. The highest BCUT2D eigenvalue weighted by Crippen LogP contribution is 2.35. The number of alkyl halides is 3. The Bertz CT molecular complexity index is 870. The predicted molar refractivity (Wildman–Crippen MR) is 103 cm³/mol. The fourth-order valence-corrected chi connectivity index (χ4v) is 3.68. The second kappa shape index (κ2) is 8.63. The van der Waals surface area contributed by atoms with Crippen LogP contribution in [-0.4, -0.2) is 55.1 Å². The van der Waals surface area contributed by atoms with Crippen molar-refractivity contribution in [3.8, 4) is 0 Å². The second-order valence-electron chi connectivity index (χ2n) is 7.44. The number of aromatic nitrogens is 2. The van der Waals surface area contributed by atoms with Gasteiger partial charge in [-0.15, -0.1) is 0 Å². The summed E-state index contributed by atoms with van der Waals surface area (Å²) in [5.41, 5.74) is -0.743. The number of carbonyl (C=O) groups excluding carboxylic acids is 1. The molecule has 30 heavy (non-hydrogen) atoms. The van der Waals surface area contributed by atoms with Crippen LogP contribution in [0.3, 0.4) is 0 Å². The van der Waals surface area contributed by atoms with Crippen molar-refractivity contribution < 1.29 is 27.1 Å². The minimum atomic E-state index is -4.76. The normalized spacial score (nSPS) is 18.0. The second-order valence-corrected chi connectivity index (χ2v) is 7.44. The molecule has 2 aliphatic rings. The van der Waals surface area contributed by atoms with Gasteiger partial charge < -0.3 is 19.0 Å². The molecule has 0 atom stereocenters. The number of ketones is 1. The van der Waals surface area contributed by atoms with Gasteiger partial charge in [0.05, 0.1) is 13.2 Å². The molecule has 0 spiro atoms. The molecule has 0 N–H and O–H groups in total. The van der Waals surface area contributed by atoms with Crippen molar-refractivity contribution in [2.24, 2.45) is 0 Å². The number of hydrogen-bond donors (Lipinski definition) is 0. The van der Waals surface area contributed by atoms with Crippen molar-refractivity contribution in [2.45, 2.75) is 31.9 Å². The van der Waals surface area contributed by atoms with Gasteiger partial charge in [-0.25, -0.2) is 4.98 Å². The zero-order chi connectivity index (χ0) is 21.1. The standard InChI is InChI=1S/C20H23F3N4O3/c21-20(22,23)18-17(30-19(25-18)27-6-2-1-3-7-27)15(28)12-14-4-5-16(24-13-14)26-8-10-29-11-9-26/h4-5,13H,1-3,6-12H2. The molecule has 162 valence electrons. The van der Waals surface area contributed by atoms with Gasteiger partial charge in [-0.05, 0) is 30.9 Å². The average molecular weight is 424 g/mol. The number of anilines is 2. The first-order valence-electron chi connectivity index (χ1n) is 10.1. The van der Waals surface area contributed by atoms with Gasteiger partial charge in [-0.2, -0.15) is 18.2 Å². The van der Waals surface area contributed by atoms with E-state index < -0.39 is 23.4 Å². The highest BCUT2D eigenvalue weighted by molar-refractivity contribution is 5.96. The van der Waals surface area contributed by atoms with Gasteiger partial charge in [0.1, 0.15) is 5.82 Å². The lowest BCUT2D eigenvalue weighted by atomic mass is 10.1. The molecule has 2 aromatic rings. The number of morpholine rings is 1. The maximum absolute atomic E-state index is 13.5. The Kier molecular flexibility index (Phi) is 5.94. The van der Waals surface area contributed by atoms with Crippen LogP contribution in [0.5, 0.6) is 0 Å². The van der Waals surface area contributed by atoms with Crippen molar-refractivity contribution in [1.29, 1.82) is 0 Å². The summed E-state index contributed by atoms with van der Waals surface area (Å²) >= 11 is 0. The van der Waals surface area contributed by atoms with Crippen molar-refractivity contribution in [1.82, 2.24) is 9.97 Å². The first-order chi connectivity index (χ1) is 14.4. The van der Waals surface area contributed by atoms with Crippen molar-refractivity contribution >= 4 is 17.6 Å². The number of hydrogen-bond acceptors (Lipinski definition) is 7. The molecule has 0 saturated carbocycles. The number of rotatable bonds is 5. The molecule has 7 nitrogen and oxygen atoms in total. The summed E-state index contributed by atoms with van der Waals surface area (Å²) in [7, 11) is 0. The Morgan fingerprint density at radius 3 is 2.40 bits per heavy atom. The van der Waals surface area contributed by atoms with Gasteiger partial charge in [0, 0.05) is 38.8 Å². The molecular weight excluding hydrogens is 401 g/mol. The molecule has 0 radical (unpaired) electrons. The number of Topliss-reactive ketones (excluding diaryl/α,β-unsaturated/α-hetero) is 1. The van der Waals surface area contributed by atoms with E-state index in [9.17, 15) is 18.0 Å². The zero-order valence-electron chi connectivity index (χ0n) is 16.5. The molecule has 2 saturated heterocycles. The van der Waals surface area contributed by atoms with Crippen molar-refractivity contribution in [2.75, 3.05) is 49.2 Å². The minimum Gasteiger partial charge on any atom is -0.420 e. The monoisotopic (exact) mass is 424 g/mol. The van der Waals surface area contributed by atoms with Gasteiger partial charge in [-0.1, -0.05) is 6.07 Å². The van der Waals surface area contributed by atoms with E-state index in [1.165, 1.54) is 6.20 Å². The number of pyridine rings is 1. The molecular formula is C20H23F3N4O3. The summed E-state index contributed by atoms with van der Waals surface area (Å²) in [6.45, 7) is 3.81. The smallest absolute Gasteiger partial charge is 0.420 e. The predicted octanol–water partition coefficient (Wildman–Crippen LogP) is 3.34. The molecule has 0 unspecified atom stereocenters. The Labute approximate surface area is 171 Å². The molecule has 4 rings (SSSR count). The van der Waals surface area contributed by atoms with Crippen LogP contribution in [0.1, 0.15) is 41.1 Å². The van der Waals surface area contributed by atoms with E-state index in [-0.39, 0.29) is 12.4 Å². The van der Waals surface area contributed by atoms with Gasteiger partial charge >= 0.3 is 6.18 Å². The molecule has 0 aromatic carbocycles. The average Bonchev–Trinajstić information content (AvgIpc) is 3.22. The van der Waals surface area contributed by atoms with Crippen LogP contribution in [0.25, 0.3) is 0 Å². The summed E-state index contributed by atoms with van der Waals surface area (Å²) in [6, 6.07) is 3.33. The van der Waals surface area contributed by atoms with Crippen molar-refractivity contribution in [3.05, 3.63) is 35.3 Å². The summed E-state index contributed by atoms with van der Waals surface area (Å²) in [6.07, 6.45) is -0.766. The van der Waals surface area contributed by atoms with Crippen molar-refractivity contribution in [3.63, 3.8) is 0 Å². The Morgan fingerprint density at radius 1 is 1.03 bits per heavy atom. The number of carbonyl (C=O) groups is 1. The third-order valence-corrected chi connectivity index (χ3v) is 5.27. The Hall–Kier alpha value is -2.62. The number of oxazole rings is 1. The Morgan fingerprint density at radius 2 is 1.77 bits per heavy atom. The maximum Gasteiger partial charge on any atom is 0.437 e. The molecule has 0 aliphatic carbocycles. The highest BCUT2D eigenvalue weighted by Gasteiger charge is 2.41. The lowest BCUT2D eigenvalue weighted by Crippen LogP contribution is -2.36. The molecule has 2 aliphatic heterocycles. The lowest BCUT2D eigenvalue weighted by Gasteiger charge is -2.27.